The average Bonchev–Trinajstić information content (AvgIpc) is 2.98. The lowest BCUT2D eigenvalue weighted by atomic mass is 9.98. The van der Waals surface area contributed by atoms with Crippen LogP contribution in [0.4, 0.5) is 4.79 Å². The predicted molar refractivity (Wildman–Crippen MR) is 120 cm³/mol. The van der Waals surface area contributed by atoms with E-state index in [1.807, 2.05) is 48.5 Å². The van der Waals surface area contributed by atoms with Crippen LogP contribution in [0.25, 0.3) is 0 Å². The van der Waals surface area contributed by atoms with E-state index in [-0.39, 0.29) is 30.8 Å². The Hall–Kier alpha value is -3.55. The Bertz CT molecular complexity index is 970. The molecule has 0 unspecified atom stereocenters. The molecule has 1 heterocycles. The average molecular weight is 440 g/mol. The van der Waals surface area contributed by atoms with Crippen LogP contribution < -0.4 is 20.1 Å². The molecule has 170 valence electrons. The van der Waals surface area contributed by atoms with Crippen LogP contribution in [0.1, 0.15) is 37.4 Å². The summed E-state index contributed by atoms with van der Waals surface area (Å²) in [6, 6.07) is 14.4. The molecule has 1 saturated heterocycles. The molecule has 8 nitrogen and oxygen atoms in total. The minimum atomic E-state index is -0.951. The van der Waals surface area contributed by atoms with Crippen LogP contribution in [-0.2, 0) is 16.0 Å². The fraction of sp³-hybridized carbons (Fsp3) is 0.375. The SMILES string of the molecule is COc1ccc(C[C@@H](NC(=O)CCN2C(=O)NC(C)(C)C2=O)c2ccc(OC)cc2)cc1. The molecule has 2 aromatic carbocycles. The van der Waals surface area contributed by atoms with Gasteiger partial charge in [0.25, 0.3) is 5.91 Å². The Labute approximate surface area is 187 Å². The number of carbonyl (C=O) groups is 3. The molecule has 0 spiro atoms. The van der Waals surface area contributed by atoms with Crippen molar-refractivity contribution in [1.82, 2.24) is 15.5 Å². The molecular formula is C24H29N3O5. The molecule has 0 radical (unpaired) electrons. The molecule has 0 aromatic heterocycles. The highest BCUT2D eigenvalue weighted by atomic mass is 16.5. The number of methoxy groups -OCH3 is 2. The molecule has 32 heavy (non-hydrogen) atoms. The van der Waals surface area contributed by atoms with Gasteiger partial charge in [0.05, 0.1) is 20.3 Å². The standard InChI is InChI=1S/C24H29N3O5/c1-24(2)22(29)27(23(30)26-24)14-13-21(28)25-20(17-7-11-19(32-4)12-8-17)15-16-5-9-18(31-3)10-6-16/h5-12,20H,13-15H2,1-4H3,(H,25,28)(H,26,30)/t20-/m1/s1. The largest absolute Gasteiger partial charge is 0.497 e. The van der Waals surface area contributed by atoms with Crippen LogP contribution in [0.3, 0.4) is 0 Å². The monoisotopic (exact) mass is 439 g/mol. The van der Waals surface area contributed by atoms with Crippen molar-refractivity contribution in [3.05, 3.63) is 59.7 Å². The second-order valence-corrected chi connectivity index (χ2v) is 8.21. The lowest BCUT2D eigenvalue weighted by molar-refractivity contribution is -0.130. The molecule has 1 aliphatic rings. The van der Waals surface area contributed by atoms with Crippen LogP contribution in [-0.4, -0.2) is 49.0 Å². The molecule has 4 amide bonds. The van der Waals surface area contributed by atoms with E-state index in [1.165, 1.54) is 0 Å². The number of rotatable bonds is 9. The Kier molecular flexibility index (Phi) is 7.02. The first-order chi connectivity index (χ1) is 15.2. The smallest absolute Gasteiger partial charge is 0.325 e. The lowest BCUT2D eigenvalue weighted by Gasteiger charge is -2.21. The Morgan fingerprint density at radius 1 is 1.00 bits per heavy atom. The number of benzene rings is 2. The number of urea groups is 1. The van der Waals surface area contributed by atoms with Crippen molar-refractivity contribution in [2.24, 2.45) is 0 Å². The van der Waals surface area contributed by atoms with Gasteiger partial charge in [-0.05, 0) is 55.7 Å². The number of nitrogens with zero attached hydrogens (tertiary/aromatic N) is 1. The van der Waals surface area contributed by atoms with Crippen molar-refractivity contribution in [2.45, 2.75) is 38.3 Å². The summed E-state index contributed by atoms with van der Waals surface area (Å²) in [5.41, 5.74) is 1.00. The van der Waals surface area contributed by atoms with Crippen molar-refractivity contribution >= 4 is 17.8 Å². The van der Waals surface area contributed by atoms with Gasteiger partial charge in [-0.2, -0.15) is 0 Å². The summed E-state index contributed by atoms with van der Waals surface area (Å²) in [6.07, 6.45) is 0.586. The summed E-state index contributed by atoms with van der Waals surface area (Å²) < 4.78 is 10.4. The van der Waals surface area contributed by atoms with E-state index < -0.39 is 11.6 Å². The highest BCUT2D eigenvalue weighted by Gasteiger charge is 2.44. The molecule has 0 saturated carbocycles. The molecular weight excluding hydrogens is 410 g/mol. The minimum absolute atomic E-state index is 0.0184. The van der Waals surface area contributed by atoms with Gasteiger partial charge >= 0.3 is 6.03 Å². The number of carbonyl (C=O) groups excluding carboxylic acids is 3. The van der Waals surface area contributed by atoms with Gasteiger partial charge < -0.3 is 20.1 Å². The van der Waals surface area contributed by atoms with Crippen molar-refractivity contribution in [2.75, 3.05) is 20.8 Å². The van der Waals surface area contributed by atoms with Crippen molar-refractivity contribution < 1.29 is 23.9 Å². The highest BCUT2D eigenvalue weighted by Crippen LogP contribution is 2.23. The number of amides is 4. The maximum atomic E-state index is 12.7. The fourth-order valence-corrected chi connectivity index (χ4v) is 3.59. The molecule has 8 heteroatoms. The summed E-state index contributed by atoms with van der Waals surface area (Å²) in [6.45, 7) is 3.31. The van der Waals surface area contributed by atoms with E-state index in [0.29, 0.717) is 6.42 Å². The van der Waals surface area contributed by atoms with Crippen LogP contribution in [0.15, 0.2) is 48.5 Å². The third kappa shape index (κ3) is 5.38. The maximum Gasteiger partial charge on any atom is 0.325 e. The molecule has 2 N–H and O–H groups in total. The number of nitrogens with one attached hydrogen (secondary N) is 2. The van der Waals surface area contributed by atoms with E-state index >= 15 is 0 Å². The zero-order valence-corrected chi connectivity index (χ0v) is 18.8. The number of imide groups is 1. The number of hydrogen-bond acceptors (Lipinski definition) is 5. The summed E-state index contributed by atoms with van der Waals surface area (Å²) in [5, 5.41) is 5.66. The summed E-state index contributed by atoms with van der Waals surface area (Å²) in [5.74, 6) is 0.907. The van der Waals surface area contributed by atoms with E-state index in [4.69, 9.17) is 9.47 Å². The van der Waals surface area contributed by atoms with Crippen molar-refractivity contribution in [3.63, 3.8) is 0 Å². The first-order valence-electron chi connectivity index (χ1n) is 10.4. The molecule has 2 aromatic rings. The second-order valence-electron chi connectivity index (χ2n) is 8.21. The summed E-state index contributed by atoms with van der Waals surface area (Å²) in [7, 11) is 3.21. The van der Waals surface area contributed by atoms with Crippen LogP contribution in [0.2, 0.25) is 0 Å². The molecule has 1 fully saturated rings. The van der Waals surface area contributed by atoms with Gasteiger partial charge in [0.2, 0.25) is 5.91 Å². The summed E-state index contributed by atoms with van der Waals surface area (Å²) >= 11 is 0. The second kappa shape index (κ2) is 9.72. The molecule has 3 rings (SSSR count). The topological polar surface area (TPSA) is 97.0 Å². The zero-order valence-electron chi connectivity index (χ0n) is 18.8. The molecule has 1 aliphatic heterocycles. The summed E-state index contributed by atoms with van der Waals surface area (Å²) in [4.78, 5) is 38.2. The number of hydrogen-bond donors (Lipinski definition) is 2. The van der Waals surface area contributed by atoms with Crippen LogP contribution >= 0.6 is 0 Å². The van der Waals surface area contributed by atoms with E-state index in [9.17, 15) is 14.4 Å². The first kappa shape index (κ1) is 23.1. The van der Waals surface area contributed by atoms with Gasteiger partial charge in [0, 0.05) is 13.0 Å². The van der Waals surface area contributed by atoms with Crippen LogP contribution in [0, 0.1) is 0 Å². The van der Waals surface area contributed by atoms with Crippen molar-refractivity contribution in [3.8, 4) is 11.5 Å². The van der Waals surface area contributed by atoms with Crippen LogP contribution in [0.5, 0.6) is 11.5 Å². The van der Waals surface area contributed by atoms with Gasteiger partial charge in [-0.1, -0.05) is 24.3 Å². The third-order valence-corrected chi connectivity index (χ3v) is 5.46. The van der Waals surface area contributed by atoms with Gasteiger partial charge in [-0.3, -0.25) is 14.5 Å². The quantitative estimate of drug-likeness (QED) is 0.586. The van der Waals surface area contributed by atoms with Gasteiger partial charge in [-0.15, -0.1) is 0 Å². The van der Waals surface area contributed by atoms with E-state index in [0.717, 1.165) is 27.5 Å². The van der Waals surface area contributed by atoms with Gasteiger partial charge in [0.1, 0.15) is 17.0 Å². The molecule has 0 bridgehead atoms. The Balaban J connectivity index is 1.70. The van der Waals surface area contributed by atoms with E-state index in [1.54, 1.807) is 28.1 Å². The highest BCUT2D eigenvalue weighted by molar-refractivity contribution is 6.06. The zero-order chi connectivity index (χ0) is 23.3. The molecule has 1 atom stereocenters. The van der Waals surface area contributed by atoms with Gasteiger partial charge in [-0.25, -0.2) is 4.79 Å². The first-order valence-corrected chi connectivity index (χ1v) is 10.4. The maximum absolute atomic E-state index is 12.7. The Morgan fingerprint density at radius 2 is 1.56 bits per heavy atom. The predicted octanol–water partition coefficient (Wildman–Crippen LogP) is 2.82. The van der Waals surface area contributed by atoms with Gasteiger partial charge in [0.15, 0.2) is 0 Å². The van der Waals surface area contributed by atoms with E-state index in [2.05, 4.69) is 10.6 Å². The Morgan fingerprint density at radius 3 is 2.06 bits per heavy atom. The normalized spacial score (nSPS) is 15.8. The van der Waals surface area contributed by atoms with Crippen molar-refractivity contribution in [1.29, 1.82) is 0 Å². The third-order valence-electron chi connectivity index (χ3n) is 5.46. The number of ether oxygens (including phenoxy) is 2. The molecule has 0 aliphatic carbocycles. The lowest BCUT2D eigenvalue weighted by Crippen LogP contribution is -2.41. The minimum Gasteiger partial charge on any atom is -0.497 e. The fourth-order valence-electron chi connectivity index (χ4n) is 3.59.